The molecule has 4 atom stereocenters. The lowest BCUT2D eigenvalue weighted by Crippen LogP contribution is -2.50. The van der Waals surface area contributed by atoms with Gasteiger partial charge in [0, 0.05) is 38.7 Å². The summed E-state index contributed by atoms with van der Waals surface area (Å²) in [5.74, 6) is -0.0632. The number of benzene rings is 4. The van der Waals surface area contributed by atoms with Crippen molar-refractivity contribution in [2.75, 3.05) is 11.9 Å². The monoisotopic (exact) mass is 796 g/mol. The Morgan fingerprint density at radius 2 is 1.34 bits per heavy atom. The minimum atomic E-state index is -1.26. The molecule has 11 heteroatoms. The van der Waals surface area contributed by atoms with Crippen LogP contribution in [0.2, 0.25) is 25.7 Å². The highest BCUT2D eigenvalue weighted by Crippen LogP contribution is 2.31. The summed E-state index contributed by atoms with van der Waals surface area (Å²) in [6.07, 6.45) is -0.0113. The number of halogens is 1. The molecule has 2 heterocycles. The summed E-state index contributed by atoms with van der Waals surface area (Å²) in [5.41, 5.74) is 4.98. The van der Waals surface area contributed by atoms with Gasteiger partial charge in [0.2, 0.25) is 0 Å². The summed E-state index contributed by atoms with van der Waals surface area (Å²) in [6, 6.07) is 32.1. The standard InChI is InChI=1S/C42H49BrN4O5Si/c1-53(2,3)20-19-52-29-47-36-18-17-33(22-35(36)26-44-47)28-46-38(24-31-13-8-5-9-14-31)41(50)40(49)37(23-30-11-6-4-7-12-30)45(42(46)51)27-32-15-10-16-34(21-32)39(48)25-43/h4-18,21-22,26,37-38,40-41,49-50H,19-20,23-25,27-29H2,1-3H3/t37-,38-,40+,41+/m1/s1. The van der Waals surface area contributed by atoms with Crippen molar-refractivity contribution in [1.29, 1.82) is 0 Å². The zero-order valence-electron chi connectivity index (χ0n) is 30.6. The van der Waals surface area contributed by atoms with Gasteiger partial charge in [0.05, 0.1) is 29.1 Å². The molecule has 4 aromatic carbocycles. The number of nitrogens with zero attached hydrogens (tertiary/aromatic N) is 4. The first kappa shape index (κ1) is 38.6. The van der Waals surface area contributed by atoms with E-state index in [1.54, 1.807) is 21.9 Å². The van der Waals surface area contributed by atoms with Crippen LogP contribution < -0.4 is 0 Å². The highest BCUT2D eigenvalue weighted by molar-refractivity contribution is 9.09. The number of amides is 2. The van der Waals surface area contributed by atoms with E-state index in [1.807, 2.05) is 102 Å². The Balaban J connectivity index is 1.36. The number of aliphatic hydroxyl groups is 2. The first-order chi connectivity index (χ1) is 25.5. The second kappa shape index (κ2) is 17.3. The van der Waals surface area contributed by atoms with Crippen molar-refractivity contribution in [3.63, 3.8) is 0 Å². The number of rotatable bonds is 15. The van der Waals surface area contributed by atoms with Crippen LogP contribution in [-0.4, -0.2) is 85.9 Å². The predicted octanol–water partition coefficient (Wildman–Crippen LogP) is 7.31. The van der Waals surface area contributed by atoms with E-state index in [0.29, 0.717) is 31.7 Å². The molecule has 1 aromatic heterocycles. The summed E-state index contributed by atoms with van der Waals surface area (Å²) in [4.78, 5) is 31.1. The second-order valence-corrected chi connectivity index (χ2v) is 21.4. The molecule has 0 unspecified atom stereocenters. The maximum atomic E-state index is 15.1. The molecule has 278 valence electrons. The van der Waals surface area contributed by atoms with Gasteiger partial charge in [0.15, 0.2) is 5.78 Å². The maximum Gasteiger partial charge on any atom is 0.321 e. The number of carbonyl (C=O) groups excluding carboxylic acids is 2. The average Bonchev–Trinajstić information content (AvgIpc) is 3.55. The fourth-order valence-electron chi connectivity index (χ4n) is 7.00. The number of aliphatic hydroxyl groups excluding tert-OH is 2. The lowest BCUT2D eigenvalue weighted by Gasteiger charge is -2.36. The topological polar surface area (TPSA) is 108 Å². The van der Waals surface area contributed by atoms with Gasteiger partial charge in [-0.1, -0.05) is 121 Å². The molecule has 0 saturated carbocycles. The minimum Gasteiger partial charge on any atom is -0.388 e. The molecular weight excluding hydrogens is 748 g/mol. The Labute approximate surface area is 321 Å². The molecule has 0 radical (unpaired) electrons. The van der Waals surface area contributed by atoms with Crippen LogP contribution in [0.15, 0.2) is 109 Å². The lowest BCUT2D eigenvalue weighted by atomic mass is 9.91. The average molecular weight is 798 g/mol. The molecule has 1 saturated heterocycles. The van der Waals surface area contributed by atoms with Crippen LogP contribution >= 0.6 is 15.9 Å². The third-order valence-corrected chi connectivity index (χ3v) is 12.2. The van der Waals surface area contributed by atoms with Crippen LogP contribution in [0.3, 0.4) is 0 Å². The Bertz CT molecular complexity index is 1990. The Morgan fingerprint density at radius 1 is 0.774 bits per heavy atom. The number of urea groups is 1. The SMILES string of the molecule is C[Si](C)(C)CCOCn1ncc2cc(CN3C(=O)N(Cc4cccc(C(=O)CBr)c4)[C@H](Cc4ccccc4)[C@H](O)[C@@H](O)[C@H]3Cc3ccccc3)ccc21. The number of alkyl halides is 1. The molecular formula is C42H49BrN4O5Si. The van der Waals surface area contributed by atoms with Crippen LogP contribution in [0.1, 0.15) is 32.6 Å². The molecule has 2 amide bonds. The Kier molecular flexibility index (Phi) is 12.6. The third-order valence-electron chi connectivity index (χ3n) is 10.00. The van der Waals surface area contributed by atoms with Gasteiger partial charge in [0.25, 0.3) is 0 Å². The van der Waals surface area contributed by atoms with Gasteiger partial charge in [-0.25, -0.2) is 9.48 Å². The zero-order valence-corrected chi connectivity index (χ0v) is 33.2. The number of aromatic nitrogens is 2. The van der Waals surface area contributed by atoms with Gasteiger partial charge in [-0.3, -0.25) is 4.79 Å². The number of ether oxygens (including phenoxy) is 1. The maximum absolute atomic E-state index is 15.1. The van der Waals surface area contributed by atoms with Gasteiger partial charge in [-0.05, 0) is 59.3 Å². The second-order valence-electron chi connectivity index (χ2n) is 15.2. The van der Waals surface area contributed by atoms with Gasteiger partial charge in [-0.2, -0.15) is 5.10 Å². The number of fused-ring (bicyclic) bond motifs is 1. The van der Waals surface area contributed by atoms with Crippen molar-refractivity contribution in [2.45, 2.75) is 82.6 Å². The van der Waals surface area contributed by atoms with Crippen LogP contribution in [0.5, 0.6) is 0 Å². The molecule has 0 spiro atoms. The quantitative estimate of drug-likeness (QED) is 0.0498. The first-order valence-electron chi connectivity index (χ1n) is 18.2. The normalized spacial score (nSPS) is 19.5. The summed E-state index contributed by atoms with van der Waals surface area (Å²) < 4.78 is 7.83. The molecule has 0 aliphatic carbocycles. The van der Waals surface area contributed by atoms with Crippen LogP contribution in [0.25, 0.3) is 10.9 Å². The van der Waals surface area contributed by atoms with Gasteiger partial charge in [0.1, 0.15) is 18.9 Å². The van der Waals surface area contributed by atoms with Crippen molar-refractivity contribution < 1.29 is 24.5 Å². The van der Waals surface area contributed by atoms with Crippen molar-refractivity contribution in [1.82, 2.24) is 19.6 Å². The molecule has 53 heavy (non-hydrogen) atoms. The van der Waals surface area contributed by atoms with E-state index >= 15 is 4.79 Å². The summed E-state index contributed by atoms with van der Waals surface area (Å²) >= 11 is 3.27. The number of carbonyl (C=O) groups is 2. The largest absolute Gasteiger partial charge is 0.388 e. The van der Waals surface area contributed by atoms with Gasteiger partial charge >= 0.3 is 6.03 Å². The van der Waals surface area contributed by atoms with E-state index in [9.17, 15) is 15.0 Å². The summed E-state index contributed by atoms with van der Waals surface area (Å²) in [7, 11) is -1.21. The van der Waals surface area contributed by atoms with Crippen LogP contribution in [-0.2, 0) is 37.4 Å². The number of hydrogen-bond donors (Lipinski definition) is 2. The molecule has 6 rings (SSSR count). The number of ketones is 1. The van der Waals surface area contributed by atoms with Crippen LogP contribution in [0, 0.1) is 0 Å². The third kappa shape index (κ3) is 9.70. The smallest absolute Gasteiger partial charge is 0.321 e. The van der Waals surface area contributed by atoms with E-state index in [1.165, 1.54) is 0 Å². The van der Waals surface area contributed by atoms with Crippen molar-refractivity contribution in [2.24, 2.45) is 0 Å². The van der Waals surface area contributed by atoms with E-state index < -0.39 is 32.4 Å². The number of Topliss-reactive ketones (excluding diaryl/α,β-unsaturated/α-hetero) is 1. The molecule has 0 bridgehead atoms. The number of hydrogen-bond acceptors (Lipinski definition) is 6. The van der Waals surface area contributed by atoms with E-state index in [4.69, 9.17) is 4.74 Å². The van der Waals surface area contributed by atoms with E-state index in [2.05, 4.69) is 40.7 Å². The molecule has 1 aliphatic heterocycles. The molecule has 1 aliphatic rings. The minimum absolute atomic E-state index is 0.0632. The van der Waals surface area contributed by atoms with Gasteiger partial charge in [-0.15, -0.1) is 0 Å². The van der Waals surface area contributed by atoms with Crippen LogP contribution in [0.4, 0.5) is 4.79 Å². The van der Waals surface area contributed by atoms with Crippen molar-refractivity contribution in [3.8, 4) is 0 Å². The Morgan fingerprint density at radius 3 is 1.91 bits per heavy atom. The molecule has 2 N–H and O–H groups in total. The lowest BCUT2D eigenvalue weighted by molar-refractivity contribution is -0.0408. The predicted molar refractivity (Wildman–Crippen MR) is 215 cm³/mol. The fourth-order valence-corrected chi connectivity index (χ4v) is 8.08. The van der Waals surface area contributed by atoms with Gasteiger partial charge < -0.3 is 24.7 Å². The summed E-state index contributed by atoms with van der Waals surface area (Å²) in [5, 5.41) is 29.9. The Hall–Kier alpha value is -4.13. The molecule has 5 aromatic rings. The summed E-state index contributed by atoms with van der Waals surface area (Å²) in [6.45, 7) is 8.38. The van der Waals surface area contributed by atoms with E-state index in [0.717, 1.165) is 39.2 Å². The van der Waals surface area contributed by atoms with Crippen molar-refractivity contribution in [3.05, 3.63) is 137 Å². The fraction of sp³-hybridized carbons (Fsp3) is 0.357. The molecule has 1 fully saturated rings. The van der Waals surface area contributed by atoms with Crippen molar-refractivity contribution >= 4 is 46.7 Å². The molecule has 9 nitrogen and oxygen atoms in total. The highest BCUT2D eigenvalue weighted by Gasteiger charge is 2.46. The first-order valence-corrected chi connectivity index (χ1v) is 23.0. The zero-order chi connectivity index (χ0) is 37.5. The van der Waals surface area contributed by atoms with E-state index in [-0.39, 0.29) is 30.2 Å². The highest BCUT2D eigenvalue weighted by atomic mass is 79.9.